The van der Waals surface area contributed by atoms with Crippen LogP contribution in [0.1, 0.15) is 59.8 Å². The molecule has 0 aliphatic carbocycles. The van der Waals surface area contributed by atoms with E-state index in [1.807, 2.05) is 30.3 Å². The first-order valence-electron chi connectivity index (χ1n) is 22.9. The molecular weight excluding hydrogens is 917 g/mol. The maximum atomic E-state index is 14.1. The lowest BCUT2D eigenvalue weighted by atomic mass is 10.0. The Morgan fingerprint density at radius 1 is 0.768 bits per heavy atom. The van der Waals surface area contributed by atoms with Gasteiger partial charge in [-0.2, -0.15) is 4.31 Å². The highest BCUT2D eigenvalue weighted by atomic mass is 32.2. The number of carbonyl (C=O) groups excluding carboxylic acids is 5. The molecule has 22 heteroatoms. The molecule has 2 saturated heterocycles. The van der Waals surface area contributed by atoms with Crippen molar-refractivity contribution in [2.24, 2.45) is 0 Å². The van der Waals surface area contributed by atoms with Gasteiger partial charge in [0.1, 0.15) is 24.4 Å². The summed E-state index contributed by atoms with van der Waals surface area (Å²) in [4.78, 5) is 65.9. The molecule has 0 saturated carbocycles. The summed E-state index contributed by atoms with van der Waals surface area (Å²) in [5, 5.41) is 16.3. The topological polar surface area (TPSA) is 248 Å². The van der Waals surface area contributed by atoms with Gasteiger partial charge in [-0.1, -0.05) is 65.9 Å². The van der Waals surface area contributed by atoms with Gasteiger partial charge < -0.3 is 49.3 Å². The van der Waals surface area contributed by atoms with Gasteiger partial charge in [-0.3, -0.25) is 9.59 Å². The number of carbonyl (C=O) groups is 5. The minimum absolute atomic E-state index is 0.00176. The monoisotopic (exact) mass is 976 g/mol. The summed E-state index contributed by atoms with van der Waals surface area (Å²) in [7, 11) is -3.05. The maximum Gasteiger partial charge on any atom is 0.415 e. The average molecular weight is 977 g/mol. The van der Waals surface area contributed by atoms with Crippen LogP contribution in [-0.2, 0) is 56.3 Å². The molecule has 1 unspecified atom stereocenters. The number of benzene rings is 3. The summed E-state index contributed by atoms with van der Waals surface area (Å²) >= 11 is 0. The van der Waals surface area contributed by atoms with Gasteiger partial charge in [0.05, 0.1) is 50.7 Å². The summed E-state index contributed by atoms with van der Waals surface area (Å²) < 4.78 is 62.8. The van der Waals surface area contributed by atoms with Gasteiger partial charge in [0, 0.05) is 52.4 Å². The Balaban J connectivity index is 0.908. The third kappa shape index (κ3) is 16.1. The van der Waals surface area contributed by atoms with Crippen LogP contribution in [0.5, 0.6) is 5.75 Å². The first kappa shape index (κ1) is 51.9. The van der Waals surface area contributed by atoms with Gasteiger partial charge in [-0.15, -0.1) is 5.10 Å². The van der Waals surface area contributed by atoms with E-state index < -0.39 is 58.1 Å². The number of nitrogens with one attached hydrogen (secondary N) is 3. The molecule has 0 bridgehead atoms. The van der Waals surface area contributed by atoms with Crippen LogP contribution in [0.2, 0.25) is 0 Å². The molecule has 3 N–H and O–H groups in total. The predicted molar refractivity (Wildman–Crippen MR) is 247 cm³/mol. The molecule has 2 fully saturated rings. The summed E-state index contributed by atoms with van der Waals surface area (Å²) in [6, 6.07) is 20.4. The lowest BCUT2D eigenvalue weighted by Crippen LogP contribution is -2.51. The second-order valence-corrected chi connectivity index (χ2v) is 18.1. The van der Waals surface area contributed by atoms with Crippen LogP contribution in [0.4, 0.5) is 9.59 Å². The van der Waals surface area contributed by atoms with Crippen molar-refractivity contribution in [3.63, 3.8) is 0 Å². The van der Waals surface area contributed by atoms with Crippen LogP contribution < -0.4 is 20.7 Å². The molecule has 3 atom stereocenters. The summed E-state index contributed by atoms with van der Waals surface area (Å²) in [5.41, 5.74) is 1.53. The van der Waals surface area contributed by atoms with E-state index in [2.05, 4.69) is 26.3 Å². The van der Waals surface area contributed by atoms with Crippen LogP contribution in [0, 0.1) is 0 Å². The Hall–Kier alpha value is -6.46. The van der Waals surface area contributed by atoms with E-state index >= 15 is 0 Å². The second-order valence-electron chi connectivity index (χ2n) is 16.2. The van der Waals surface area contributed by atoms with Crippen LogP contribution in [0.15, 0.2) is 96.0 Å². The molecule has 4 amide bonds. The van der Waals surface area contributed by atoms with Gasteiger partial charge in [-0.05, 0) is 67.5 Å². The van der Waals surface area contributed by atoms with Crippen molar-refractivity contribution in [3.05, 3.63) is 108 Å². The lowest BCUT2D eigenvalue weighted by Gasteiger charge is -2.25. The van der Waals surface area contributed by atoms with Gasteiger partial charge in [0.2, 0.25) is 15.9 Å². The number of sulfonamides is 1. The molecule has 372 valence electrons. The average Bonchev–Trinajstić information content (AvgIpc) is 4.18. The van der Waals surface area contributed by atoms with Crippen molar-refractivity contribution in [2.45, 2.75) is 68.2 Å². The highest BCUT2D eigenvalue weighted by Crippen LogP contribution is 2.33. The minimum Gasteiger partial charge on any atom is -0.467 e. The molecule has 1 aromatic heterocycles. The van der Waals surface area contributed by atoms with E-state index in [9.17, 15) is 32.4 Å². The van der Waals surface area contributed by atoms with Crippen molar-refractivity contribution in [1.29, 1.82) is 0 Å². The molecule has 3 aromatic carbocycles. The SMILES string of the molecule is COC(=O)C(Cc1ccc(OC(=O)N2CCCC2)cc1)NC(=O)[C@@H]1C[C@@H](n2cc(C(=O)NCCCOCCOCCOCCCNC(=O)OCc3ccccc3)nn2)CN1S(=O)(=O)c1ccccc1. The normalized spacial score (nSPS) is 16.4. The zero-order valence-corrected chi connectivity index (χ0v) is 39.4. The van der Waals surface area contributed by atoms with Crippen molar-refractivity contribution in [1.82, 2.24) is 40.1 Å². The van der Waals surface area contributed by atoms with Crippen molar-refractivity contribution < 1.29 is 60.8 Å². The number of hydrogen-bond acceptors (Lipinski definition) is 15. The summed E-state index contributed by atoms with van der Waals surface area (Å²) in [6.45, 7) is 4.34. The van der Waals surface area contributed by atoms with E-state index in [-0.39, 0.29) is 43.1 Å². The van der Waals surface area contributed by atoms with Gasteiger partial charge in [0.25, 0.3) is 5.91 Å². The van der Waals surface area contributed by atoms with Crippen molar-refractivity contribution >= 4 is 40.0 Å². The predicted octanol–water partition coefficient (Wildman–Crippen LogP) is 3.26. The van der Waals surface area contributed by atoms with Gasteiger partial charge >= 0.3 is 18.2 Å². The molecule has 69 heavy (non-hydrogen) atoms. The summed E-state index contributed by atoms with van der Waals surface area (Å²) in [6.07, 6.45) is 3.41. The fourth-order valence-corrected chi connectivity index (χ4v) is 9.17. The molecule has 0 radical (unpaired) electrons. The van der Waals surface area contributed by atoms with E-state index in [1.54, 1.807) is 47.4 Å². The van der Waals surface area contributed by atoms with E-state index in [0.717, 1.165) is 22.7 Å². The summed E-state index contributed by atoms with van der Waals surface area (Å²) in [5.74, 6) is -1.65. The number of hydrogen-bond donors (Lipinski definition) is 3. The fraction of sp³-hybridized carbons (Fsp3) is 0.468. The number of esters is 1. The first-order valence-corrected chi connectivity index (χ1v) is 24.3. The molecule has 4 aromatic rings. The molecule has 0 spiro atoms. The Morgan fingerprint density at radius 2 is 1.39 bits per heavy atom. The first-order chi connectivity index (χ1) is 33.5. The Labute approximate surface area is 401 Å². The van der Waals surface area contributed by atoms with E-state index in [0.29, 0.717) is 83.4 Å². The van der Waals surface area contributed by atoms with Crippen molar-refractivity contribution in [3.8, 4) is 5.75 Å². The highest BCUT2D eigenvalue weighted by Gasteiger charge is 2.46. The molecule has 2 aliphatic rings. The standard InChI is InChI=1S/C47H60N8O13S/c1-63-45(58)40(30-35-16-18-38(19-17-35)68-47(60)53-22-8-9-23-53)50-44(57)42-31-37(32-55(42)69(61,62)39-14-6-3-7-15-39)54-33-41(51-52-54)43(56)48-20-10-24-64-26-28-66-29-27-65-25-11-21-49-46(59)67-34-36-12-4-2-5-13-36/h2-7,12-19,33,37,40,42H,8-11,20-32,34H2,1H3,(H,48,56)(H,49,59)(H,50,57)/t37-,40?,42+/m1/s1. The Morgan fingerprint density at radius 3 is 2.04 bits per heavy atom. The number of alkyl carbamates (subject to hydrolysis) is 1. The number of likely N-dealkylation sites (tertiary alicyclic amines) is 1. The van der Waals surface area contributed by atoms with E-state index in [1.165, 1.54) is 30.1 Å². The zero-order chi connectivity index (χ0) is 48.9. The second kappa shape index (κ2) is 26.9. The molecule has 3 heterocycles. The number of nitrogens with zero attached hydrogens (tertiary/aromatic N) is 5. The highest BCUT2D eigenvalue weighted by molar-refractivity contribution is 7.89. The third-order valence-corrected chi connectivity index (χ3v) is 13.1. The van der Waals surface area contributed by atoms with Crippen LogP contribution in [0.3, 0.4) is 0 Å². The number of rotatable bonds is 26. The number of methoxy groups -OCH3 is 1. The number of ether oxygens (including phenoxy) is 6. The molecular formula is C47H60N8O13S. The van der Waals surface area contributed by atoms with Crippen LogP contribution in [0.25, 0.3) is 0 Å². The Kier molecular flexibility index (Phi) is 20.3. The zero-order valence-electron chi connectivity index (χ0n) is 38.6. The quantitative estimate of drug-likeness (QED) is 0.0604. The van der Waals surface area contributed by atoms with E-state index in [4.69, 9.17) is 28.4 Å². The smallest absolute Gasteiger partial charge is 0.415 e. The fourth-order valence-electron chi connectivity index (χ4n) is 7.51. The van der Waals surface area contributed by atoms with Gasteiger partial charge in [-0.25, -0.2) is 27.5 Å². The third-order valence-electron chi connectivity index (χ3n) is 11.2. The van der Waals surface area contributed by atoms with Crippen LogP contribution in [-0.4, -0.2) is 154 Å². The largest absolute Gasteiger partial charge is 0.467 e. The number of amides is 4. The minimum atomic E-state index is -4.24. The van der Waals surface area contributed by atoms with Crippen molar-refractivity contribution in [2.75, 3.05) is 79.5 Å². The van der Waals surface area contributed by atoms with Gasteiger partial charge in [0.15, 0.2) is 5.69 Å². The van der Waals surface area contributed by atoms with Crippen LogP contribution >= 0.6 is 0 Å². The molecule has 21 nitrogen and oxygen atoms in total. The molecule has 6 rings (SSSR count). The lowest BCUT2D eigenvalue weighted by molar-refractivity contribution is -0.145. The number of aromatic nitrogens is 3. The Bertz CT molecular complexity index is 2370. The maximum absolute atomic E-state index is 14.1. The molecule has 2 aliphatic heterocycles.